The molecule has 0 aromatic rings. The lowest BCUT2D eigenvalue weighted by Crippen LogP contribution is -1.62. The molecule has 0 amide bonds. The maximum absolute atomic E-state index is 4.96. The predicted molar refractivity (Wildman–Crippen MR) is 57.4 cm³/mol. The summed E-state index contributed by atoms with van der Waals surface area (Å²) in [5, 5.41) is 0. The van der Waals surface area contributed by atoms with Crippen molar-refractivity contribution in [3.63, 3.8) is 0 Å². The van der Waals surface area contributed by atoms with Gasteiger partial charge in [-0.15, -0.1) is 37.5 Å². The molecule has 0 aliphatic rings. The zero-order valence-corrected chi connectivity index (χ0v) is 8.14. The quantitative estimate of drug-likeness (QED) is 0.432. The molecule has 12 heavy (non-hydrogen) atoms. The highest BCUT2D eigenvalue weighted by atomic mass is 13.8. The number of hydrogen-bond acceptors (Lipinski definition) is 0. The Bertz CT molecular complexity index is 138. The summed E-state index contributed by atoms with van der Waals surface area (Å²) in [6.07, 6.45) is 21.9. The van der Waals surface area contributed by atoms with Crippen molar-refractivity contribution in [1.29, 1.82) is 0 Å². The molecule has 0 aliphatic carbocycles. The van der Waals surface area contributed by atoms with E-state index in [1.807, 2.05) is 6.92 Å². The lowest BCUT2D eigenvalue weighted by Gasteiger charge is -1.79. The molecule has 0 aliphatic heterocycles. The lowest BCUT2D eigenvalue weighted by atomic mass is 10.3. The monoisotopic (exact) mass is 162 g/mol. The van der Waals surface area contributed by atoms with Gasteiger partial charge in [0, 0.05) is 12.8 Å². The number of rotatable bonds is 2. The van der Waals surface area contributed by atoms with E-state index < -0.39 is 0 Å². The zero-order valence-electron chi connectivity index (χ0n) is 8.14. The Morgan fingerprint density at radius 1 is 1.00 bits per heavy atom. The van der Waals surface area contributed by atoms with Crippen LogP contribution in [-0.2, 0) is 0 Å². The van der Waals surface area contributed by atoms with Crippen molar-refractivity contribution in [2.75, 3.05) is 0 Å². The Balaban J connectivity index is -0.000000118. The Hall–Kier alpha value is -1.32. The molecular weight excluding hydrogens is 144 g/mol. The summed E-state index contributed by atoms with van der Waals surface area (Å²) in [5.74, 6) is 5.00. The molecule has 0 unspecified atom stereocenters. The average molecular weight is 162 g/mol. The molecule has 0 heteroatoms. The summed E-state index contributed by atoms with van der Waals surface area (Å²) >= 11 is 0. The summed E-state index contributed by atoms with van der Waals surface area (Å²) < 4.78 is 0. The number of terminal acetylenes is 3. The molecule has 0 nitrogen and oxygen atoms in total. The average Bonchev–Trinajstić information content (AvgIpc) is 2.18. The first kappa shape index (κ1) is 17.0. The largest absolute Gasteiger partial charge is 0.124 e. The topological polar surface area (TPSA) is 0 Å². The van der Waals surface area contributed by atoms with E-state index in [4.69, 9.17) is 12.8 Å². The Morgan fingerprint density at radius 2 is 1.42 bits per heavy atom. The van der Waals surface area contributed by atoms with Crippen LogP contribution in [0, 0.1) is 37.5 Å². The van der Waals surface area contributed by atoms with Crippen molar-refractivity contribution in [2.24, 2.45) is 0 Å². The molecule has 0 atom stereocenters. The van der Waals surface area contributed by atoms with E-state index in [0.717, 1.165) is 12.8 Å². The van der Waals surface area contributed by atoms with Gasteiger partial charge in [0.15, 0.2) is 0 Å². The fourth-order valence-electron chi connectivity index (χ4n) is 0.279. The third-order valence-corrected chi connectivity index (χ3v) is 0.879. The first-order chi connectivity index (χ1) is 5.83. The molecule has 0 radical (unpaired) electrons. The standard InChI is InChI=1S/C6H10.C4H6.C2H2/c1-3-5-6-4-2;1-3-4-2;1-2/h1H,4-6H2,2H3;1H,4H2,2H3;1-2H. The fraction of sp³-hybridized carbons (Fsp3) is 0.500. The van der Waals surface area contributed by atoms with Crippen LogP contribution >= 0.6 is 0 Å². The minimum Gasteiger partial charge on any atom is -0.124 e. The highest BCUT2D eigenvalue weighted by molar-refractivity contribution is 4.82. The van der Waals surface area contributed by atoms with E-state index >= 15 is 0 Å². The van der Waals surface area contributed by atoms with Gasteiger partial charge in [0.05, 0.1) is 0 Å². The lowest BCUT2D eigenvalue weighted by molar-refractivity contribution is 0.828. The van der Waals surface area contributed by atoms with Crippen LogP contribution in [0.2, 0.25) is 0 Å². The highest BCUT2D eigenvalue weighted by Crippen LogP contribution is 1.88. The van der Waals surface area contributed by atoms with Crippen molar-refractivity contribution in [1.82, 2.24) is 0 Å². The minimum atomic E-state index is 0.847. The van der Waals surface area contributed by atoms with Crippen LogP contribution in [0.1, 0.15) is 39.5 Å². The summed E-state index contributed by atoms with van der Waals surface area (Å²) in [6.45, 7) is 4.08. The minimum absolute atomic E-state index is 0.847. The van der Waals surface area contributed by atoms with Gasteiger partial charge in [-0.05, 0) is 6.42 Å². The van der Waals surface area contributed by atoms with E-state index in [1.165, 1.54) is 12.8 Å². The van der Waals surface area contributed by atoms with Gasteiger partial charge < -0.3 is 0 Å². The zero-order chi connectivity index (χ0) is 10.2. The number of hydrogen-bond donors (Lipinski definition) is 0. The molecule has 0 spiro atoms. The van der Waals surface area contributed by atoms with Crippen LogP contribution in [0.15, 0.2) is 0 Å². The van der Waals surface area contributed by atoms with Crippen LogP contribution in [0.5, 0.6) is 0 Å². The fourth-order valence-corrected chi connectivity index (χ4v) is 0.279. The highest BCUT2D eigenvalue weighted by Gasteiger charge is 1.71. The van der Waals surface area contributed by atoms with Crippen LogP contribution in [-0.4, -0.2) is 0 Å². The molecule has 0 aromatic heterocycles. The van der Waals surface area contributed by atoms with E-state index in [9.17, 15) is 0 Å². The molecule has 0 bridgehead atoms. The van der Waals surface area contributed by atoms with Gasteiger partial charge in [0.25, 0.3) is 0 Å². The molecule has 0 saturated carbocycles. The van der Waals surface area contributed by atoms with Gasteiger partial charge in [-0.2, -0.15) is 0 Å². The van der Waals surface area contributed by atoms with E-state index in [-0.39, 0.29) is 0 Å². The first-order valence-electron chi connectivity index (χ1n) is 4.03. The predicted octanol–water partition coefficient (Wildman–Crippen LogP) is 3.09. The van der Waals surface area contributed by atoms with E-state index in [2.05, 4.69) is 31.6 Å². The molecule has 0 aromatic carbocycles. The van der Waals surface area contributed by atoms with Gasteiger partial charge in [-0.1, -0.05) is 20.3 Å². The SMILES string of the molecule is C#C.C#CCC.C#CCCCC. The summed E-state index contributed by atoms with van der Waals surface area (Å²) in [7, 11) is 0. The third kappa shape index (κ3) is 71.3. The number of unbranched alkanes of at least 4 members (excludes halogenated alkanes) is 2. The van der Waals surface area contributed by atoms with Crippen LogP contribution in [0.3, 0.4) is 0 Å². The molecule has 0 N–H and O–H groups in total. The Kier molecular flexibility index (Phi) is 47.1. The normalized spacial score (nSPS) is 5.50. The molecule has 0 fully saturated rings. The molecule has 66 valence electrons. The summed E-state index contributed by atoms with van der Waals surface area (Å²) in [5.41, 5.74) is 0. The molecule has 0 heterocycles. The molecular formula is C12H18. The summed E-state index contributed by atoms with van der Waals surface area (Å²) in [4.78, 5) is 0. The van der Waals surface area contributed by atoms with Gasteiger partial charge in [-0.25, -0.2) is 0 Å². The van der Waals surface area contributed by atoms with Gasteiger partial charge in [0.1, 0.15) is 0 Å². The van der Waals surface area contributed by atoms with Gasteiger partial charge in [0.2, 0.25) is 0 Å². The second-order valence-corrected chi connectivity index (χ2v) is 1.87. The van der Waals surface area contributed by atoms with Gasteiger partial charge in [-0.3, -0.25) is 0 Å². The first-order valence-corrected chi connectivity index (χ1v) is 4.03. The summed E-state index contributed by atoms with van der Waals surface area (Å²) in [6, 6.07) is 0. The van der Waals surface area contributed by atoms with Crippen LogP contribution < -0.4 is 0 Å². The second kappa shape index (κ2) is 33.3. The van der Waals surface area contributed by atoms with Crippen molar-refractivity contribution in [3.05, 3.63) is 0 Å². The molecule has 0 saturated heterocycles. The van der Waals surface area contributed by atoms with E-state index in [1.54, 1.807) is 0 Å². The smallest absolute Gasteiger partial charge is 0.00859 e. The maximum Gasteiger partial charge on any atom is 0.00859 e. The van der Waals surface area contributed by atoms with Crippen LogP contribution in [0.4, 0.5) is 0 Å². The molecule has 0 rings (SSSR count). The van der Waals surface area contributed by atoms with Crippen molar-refractivity contribution in [2.45, 2.75) is 39.5 Å². The van der Waals surface area contributed by atoms with Crippen molar-refractivity contribution < 1.29 is 0 Å². The van der Waals surface area contributed by atoms with Gasteiger partial charge >= 0.3 is 0 Å². The third-order valence-electron chi connectivity index (χ3n) is 0.879. The van der Waals surface area contributed by atoms with Crippen molar-refractivity contribution >= 4 is 0 Å². The van der Waals surface area contributed by atoms with Crippen molar-refractivity contribution in [3.8, 4) is 37.5 Å². The van der Waals surface area contributed by atoms with Crippen LogP contribution in [0.25, 0.3) is 0 Å². The Morgan fingerprint density at radius 3 is 1.50 bits per heavy atom. The van der Waals surface area contributed by atoms with E-state index in [0.29, 0.717) is 0 Å². The Labute approximate surface area is 77.8 Å². The maximum atomic E-state index is 4.96. The second-order valence-electron chi connectivity index (χ2n) is 1.87.